The quantitative estimate of drug-likeness (QED) is 0.768. The second-order valence-electron chi connectivity index (χ2n) is 7.11. The highest BCUT2D eigenvalue weighted by atomic mass is 16.2. The number of hydrogen-bond acceptors (Lipinski definition) is 3. The predicted molar refractivity (Wildman–Crippen MR) is 107 cm³/mol. The molecule has 3 rings (SSSR count). The molecule has 5 heteroatoms. The second kappa shape index (κ2) is 8.82. The van der Waals surface area contributed by atoms with E-state index < -0.39 is 6.04 Å². The van der Waals surface area contributed by atoms with Crippen LogP contribution in [0, 0.1) is 0 Å². The Balaban J connectivity index is 1.46. The van der Waals surface area contributed by atoms with Gasteiger partial charge in [0.05, 0.1) is 0 Å². The van der Waals surface area contributed by atoms with Crippen LogP contribution >= 0.6 is 0 Å². The van der Waals surface area contributed by atoms with Crippen LogP contribution < -0.4 is 10.2 Å². The van der Waals surface area contributed by atoms with E-state index in [0.29, 0.717) is 13.0 Å². The number of carbonyl (C=O) groups is 2. The first kappa shape index (κ1) is 19.1. The first-order valence-corrected chi connectivity index (χ1v) is 9.44. The van der Waals surface area contributed by atoms with Gasteiger partial charge in [-0.2, -0.15) is 0 Å². The maximum absolute atomic E-state index is 12.6. The Kier molecular flexibility index (Phi) is 6.24. The minimum atomic E-state index is -0.443. The van der Waals surface area contributed by atoms with Crippen LogP contribution in [0.5, 0.6) is 0 Å². The molecule has 0 fully saturated rings. The number of nitrogens with one attached hydrogen (secondary N) is 1. The van der Waals surface area contributed by atoms with Crippen molar-refractivity contribution in [2.24, 2.45) is 0 Å². The van der Waals surface area contributed by atoms with E-state index in [9.17, 15) is 9.59 Å². The summed E-state index contributed by atoms with van der Waals surface area (Å²) in [6.07, 6.45) is 1.45. The predicted octanol–water partition coefficient (Wildman–Crippen LogP) is 2.60. The number of benzene rings is 2. The van der Waals surface area contributed by atoms with Gasteiger partial charge in [0, 0.05) is 32.1 Å². The van der Waals surface area contributed by atoms with Crippen molar-refractivity contribution in [3.63, 3.8) is 0 Å². The lowest BCUT2D eigenvalue weighted by atomic mass is 10.1. The number of nitrogens with zero attached hydrogens (tertiary/aromatic N) is 2. The van der Waals surface area contributed by atoms with Crippen molar-refractivity contribution in [3.05, 3.63) is 65.7 Å². The molecule has 1 atom stereocenters. The minimum absolute atomic E-state index is 0.0767. The molecule has 1 aliphatic heterocycles. The fourth-order valence-electron chi connectivity index (χ4n) is 3.64. The zero-order valence-electron chi connectivity index (χ0n) is 16.0. The monoisotopic (exact) mass is 365 g/mol. The van der Waals surface area contributed by atoms with Crippen LogP contribution in [0.2, 0.25) is 0 Å². The average molecular weight is 365 g/mol. The summed E-state index contributed by atoms with van der Waals surface area (Å²) in [6.45, 7) is 3.92. The Labute approximate surface area is 161 Å². The highest BCUT2D eigenvalue weighted by Crippen LogP contribution is 2.32. The molecule has 142 valence electrons. The Morgan fingerprint density at radius 1 is 1.11 bits per heavy atom. The molecule has 27 heavy (non-hydrogen) atoms. The van der Waals surface area contributed by atoms with Gasteiger partial charge in [-0.25, -0.2) is 0 Å². The molecule has 2 aromatic carbocycles. The van der Waals surface area contributed by atoms with Crippen molar-refractivity contribution >= 4 is 17.5 Å². The molecule has 0 radical (unpaired) electrons. The molecule has 0 aromatic heterocycles. The molecule has 2 amide bonds. The topological polar surface area (TPSA) is 52.7 Å². The van der Waals surface area contributed by atoms with Gasteiger partial charge in [0.1, 0.15) is 6.04 Å². The first-order valence-electron chi connectivity index (χ1n) is 9.44. The number of anilines is 1. The van der Waals surface area contributed by atoms with Crippen LogP contribution in [0.1, 0.15) is 24.5 Å². The molecule has 0 unspecified atom stereocenters. The third-order valence-corrected chi connectivity index (χ3v) is 4.93. The minimum Gasteiger partial charge on any atom is -0.354 e. The third kappa shape index (κ3) is 4.74. The summed E-state index contributed by atoms with van der Waals surface area (Å²) in [5.74, 6) is -0.171. The second-order valence-corrected chi connectivity index (χ2v) is 7.11. The summed E-state index contributed by atoms with van der Waals surface area (Å²) in [7, 11) is 2.08. The Morgan fingerprint density at radius 3 is 2.56 bits per heavy atom. The lowest BCUT2D eigenvalue weighted by Gasteiger charge is -2.23. The number of carbonyl (C=O) groups excluding carboxylic acids is 2. The van der Waals surface area contributed by atoms with Crippen molar-refractivity contribution in [2.75, 3.05) is 25.0 Å². The number of fused-ring (bicyclic) bond motifs is 1. The molecule has 1 aliphatic rings. The Bertz CT molecular complexity index is 791. The molecule has 0 saturated heterocycles. The van der Waals surface area contributed by atoms with Gasteiger partial charge in [0.25, 0.3) is 0 Å². The van der Waals surface area contributed by atoms with E-state index in [2.05, 4.69) is 29.4 Å². The highest BCUT2D eigenvalue weighted by Gasteiger charge is 2.36. The molecule has 0 saturated carbocycles. The summed E-state index contributed by atoms with van der Waals surface area (Å²) < 4.78 is 0. The number of rotatable bonds is 7. The van der Waals surface area contributed by atoms with E-state index in [-0.39, 0.29) is 11.8 Å². The van der Waals surface area contributed by atoms with Gasteiger partial charge in [-0.1, -0.05) is 48.5 Å². The molecule has 0 bridgehead atoms. The summed E-state index contributed by atoms with van der Waals surface area (Å²) in [5.41, 5.74) is 3.19. The van der Waals surface area contributed by atoms with Crippen molar-refractivity contribution in [1.82, 2.24) is 10.2 Å². The van der Waals surface area contributed by atoms with Gasteiger partial charge in [-0.05, 0) is 37.2 Å². The fourth-order valence-corrected chi connectivity index (χ4v) is 3.64. The number of amides is 2. The fraction of sp³-hybridized carbons (Fsp3) is 0.364. The maximum Gasteiger partial charge on any atom is 0.243 e. The van der Waals surface area contributed by atoms with Gasteiger partial charge in [0.15, 0.2) is 0 Å². The average Bonchev–Trinajstić information content (AvgIpc) is 3.06. The smallest absolute Gasteiger partial charge is 0.243 e. The summed E-state index contributed by atoms with van der Waals surface area (Å²) in [6, 6.07) is 17.6. The molecular weight excluding hydrogens is 338 g/mol. The lowest BCUT2D eigenvalue weighted by Crippen LogP contribution is -2.47. The van der Waals surface area contributed by atoms with E-state index in [1.807, 2.05) is 42.5 Å². The van der Waals surface area contributed by atoms with E-state index in [4.69, 9.17) is 0 Å². The number of para-hydroxylation sites is 1. The van der Waals surface area contributed by atoms with Crippen LogP contribution in [0.3, 0.4) is 0 Å². The van der Waals surface area contributed by atoms with Gasteiger partial charge >= 0.3 is 0 Å². The van der Waals surface area contributed by atoms with Gasteiger partial charge in [0.2, 0.25) is 11.8 Å². The summed E-state index contributed by atoms with van der Waals surface area (Å²) in [4.78, 5) is 28.6. The number of hydrogen-bond donors (Lipinski definition) is 1. The maximum atomic E-state index is 12.6. The van der Waals surface area contributed by atoms with E-state index >= 15 is 0 Å². The van der Waals surface area contributed by atoms with E-state index in [0.717, 1.165) is 30.8 Å². The van der Waals surface area contributed by atoms with Gasteiger partial charge in [-0.3, -0.25) is 14.5 Å². The lowest BCUT2D eigenvalue weighted by molar-refractivity contribution is -0.125. The van der Waals surface area contributed by atoms with Crippen molar-refractivity contribution < 1.29 is 9.59 Å². The first-order chi connectivity index (χ1) is 13.1. The van der Waals surface area contributed by atoms with Crippen LogP contribution in [-0.2, 0) is 22.6 Å². The molecule has 5 nitrogen and oxygen atoms in total. The molecule has 2 aromatic rings. The van der Waals surface area contributed by atoms with Crippen LogP contribution in [0.15, 0.2) is 54.6 Å². The Hall–Kier alpha value is -2.66. The van der Waals surface area contributed by atoms with Crippen molar-refractivity contribution in [1.29, 1.82) is 0 Å². The van der Waals surface area contributed by atoms with E-state index in [1.165, 1.54) is 12.5 Å². The van der Waals surface area contributed by atoms with Gasteiger partial charge in [-0.15, -0.1) is 0 Å². The zero-order valence-corrected chi connectivity index (χ0v) is 16.0. The van der Waals surface area contributed by atoms with Crippen LogP contribution in [0.25, 0.3) is 0 Å². The summed E-state index contributed by atoms with van der Waals surface area (Å²) >= 11 is 0. The van der Waals surface area contributed by atoms with Crippen LogP contribution in [0.4, 0.5) is 5.69 Å². The highest BCUT2D eigenvalue weighted by molar-refractivity contribution is 6.02. The molecular formula is C22H27N3O2. The summed E-state index contributed by atoms with van der Waals surface area (Å²) in [5, 5.41) is 3.00. The molecule has 0 spiro atoms. The van der Waals surface area contributed by atoms with Crippen molar-refractivity contribution in [2.45, 2.75) is 32.4 Å². The molecule has 1 N–H and O–H groups in total. The van der Waals surface area contributed by atoms with Crippen LogP contribution in [-0.4, -0.2) is 42.9 Å². The largest absolute Gasteiger partial charge is 0.354 e. The van der Waals surface area contributed by atoms with Crippen molar-refractivity contribution in [3.8, 4) is 0 Å². The molecule has 1 heterocycles. The third-order valence-electron chi connectivity index (χ3n) is 4.93. The normalized spacial score (nSPS) is 15.7. The molecule has 0 aliphatic carbocycles. The van der Waals surface area contributed by atoms with E-state index in [1.54, 1.807) is 4.90 Å². The van der Waals surface area contributed by atoms with Gasteiger partial charge < -0.3 is 10.2 Å². The zero-order chi connectivity index (χ0) is 19.2. The SMILES string of the molecule is CC(=O)N1c2ccccc2C[C@H]1C(=O)NCCCN(C)Cc1ccccc1. The standard InChI is InChI=1S/C22H27N3O2/c1-17(26)25-20-12-7-6-11-19(20)15-21(25)22(27)23-13-8-14-24(2)16-18-9-4-3-5-10-18/h3-7,9-12,21H,8,13-16H2,1-2H3,(H,23,27)/t21-/m0/s1. The Morgan fingerprint density at radius 2 is 1.81 bits per heavy atom.